The zero-order valence-electron chi connectivity index (χ0n) is 15.0. The molecule has 0 saturated heterocycles. The Bertz CT molecular complexity index is 1160. The van der Waals surface area contributed by atoms with Crippen LogP contribution in [0.25, 0.3) is 10.9 Å². The summed E-state index contributed by atoms with van der Waals surface area (Å²) >= 11 is 0. The first-order valence-corrected chi connectivity index (χ1v) is 8.66. The van der Waals surface area contributed by atoms with Crippen LogP contribution in [0.2, 0.25) is 0 Å². The van der Waals surface area contributed by atoms with Crippen LogP contribution in [0.3, 0.4) is 0 Å². The van der Waals surface area contributed by atoms with Gasteiger partial charge >= 0.3 is 0 Å². The van der Waals surface area contributed by atoms with Crippen molar-refractivity contribution in [1.82, 2.24) is 4.98 Å². The minimum absolute atomic E-state index is 0.0235. The van der Waals surface area contributed by atoms with Crippen molar-refractivity contribution in [2.75, 3.05) is 5.32 Å². The molecule has 140 valence electrons. The van der Waals surface area contributed by atoms with E-state index in [4.69, 9.17) is 4.42 Å². The summed E-state index contributed by atoms with van der Waals surface area (Å²) in [5.74, 6) is 0.662. The summed E-state index contributed by atoms with van der Waals surface area (Å²) < 4.78 is 5.59. The normalized spacial score (nSPS) is 12.0. The number of non-ortho nitro benzene ring substituents is 1. The zero-order chi connectivity index (χ0) is 19.7. The number of hydrogen-bond donors (Lipinski definition) is 2. The number of aromatic hydroxyl groups is 1. The molecule has 0 aliphatic rings. The second kappa shape index (κ2) is 7.03. The molecular weight excluding hydrogens is 358 g/mol. The summed E-state index contributed by atoms with van der Waals surface area (Å²) in [4.78, 5) is 14.8. The molecule has 0 radical (unpaired) electrons. The van der Waals surface area contributed by atoms with Crippen molar-refractivity contribution in [2.24, 2.45) is 0 Å². The fourth-order valence-corrected chi connectivity index (χ4v) is 3.21. The van der Waals surface area contributed by atoms with Crippen LogP contribution in [0, 0.1) is 17.0 Å². The maximum Gasteiger partial charge on any atom is 0.269 e. The van der Waals surface area contributed by atoms with Gasteiger partial charge < -0.3 is 14.8 Å². The van der Waals surface area contributed by atoms with E-state index in [1.54, 1.807) is 37.6 Å². The summed E-state index contributed by atoms with van der Waals surface area (Å²) in [6.45, 7) is 1.79. The number of aryl methyl sites for hydroxylation is 1. The highest BCUT2D eigenvalue weighted by atomic mass is 16.6. The molecular formula is C21H17N3O4. The highest BCUT2D eigenvalue weighted by Crippen LogP contribution is 2.37. The Balaban J connectivity index is 1.80. The van der Waals surface area contributed by atoms with Gasteiger partial charge in [-0.25, -0.2) is 0 Å². The molecule has 0 bridgehead atoms. The Morgan fingerprint density at radius 1 is 1.18 bits per heavy atom. The van der Waals surface area contributed by atoms with Crippen molar-refractivity contribution < 1.29 is 14.4 Å². The topological polar surface area (TPSA) is 101 Å². The van der Waals surface area contributed by atoms with Gasteiger partial charge in [0, 0.05) is 35.0 Å². The lowest BCUT2D eigenvalue weighted by Crippen LogP contribution is -2.13. The third kappa shape index (κ3) is 3.14. The number of fused-ring (bicyclic) bond motifs is 1. The first-order valence-electron chi connectivity index (χ1n) is 8.66. The first-order chi connectivity index (χ1) is 13.5. The number of nitrogens with zero attached hydrogens (tertiary/aromatic N) is 2. The first kappa shape index (κ1) is 17.5. The average molecular weight is 375 g/mol. The van der Waals surface area contributed by atoms with Crippen LogP contribution >= 0.6 is 0 Å². The lowest BCUT2D eigenvalue weighted by Gasteiger charge is -2.21. The fraction of sp³-hybridized carbons (Fsp3) is 0.0952. The van der Waals surface area contributed by atoms with Crippen LogP contribution in [0.15, 0.2) is 71.5 Å². The van der Waals surface area contributed by atoms with Gasteiger partial charge in [0.15, 0.2) is 0 Å². The number of nitro groups is 1. The summed E-state index contributed by atoms with van der Waals surface area (Å²) in [7, 11) is 0. The van der Waals surface area contributed by atoms with Crippen molar-refractivity contribution in [3.8, 4) is 5.75 Å². The van der Waals surface area contributed by atoms with Crippen molar-refractivity contribution in [3.05, 3.63) is 94.1 Å². The zero-order valence-corrected chi connectivity index (χ0v) is 15.0. The van der Waals surface area contributed by atoms with Gasteiger partial charge in [-0.2, -0.15) is 0 Å². The minimum atomic E-state index is -0.499. The molecule has 2 aromatic carbocycles. The van der Waals surface area contributed by atoms with E-state index in [1.807, 2.05) is 24.3 Å². The Labute approximate surface area is 160 Å². The average Bonchev–Trinajstić information content (AvgIpc) is 3.22. The highest BCUT2D eigenvalue weighted by molar-refractivity contribution is 5.86. The number of benzene rings is 2. The molecule has 1 atom stereocenters. The van der Waals surface area contributed by atoms with E-state index >= 15 is 0 Å². The number of nitrogens with one attached hydrogen (secondary N) is 1. The Kier molecular flexibility index (Phi) is 4.41. The van der Waals surface area contributed by atoms with Gasteiger partial charge in [0.2, 0.25) is 0 Å². The van der Waals surface area contributed by atoms with Crippen molar-refractivity contribution in [1.29, 1.82) is 0 Å². The van der Waals surface area contributed by atoms with E-state index in [9.17, 15) is 15.2 Å². The van der Waals surface area contributed by atoms with E-state index in [2.05, 4.69) is 10.3 Å². The number of hydrogen-bond acceptors (Lipinski definition) is 6. The molecule has 4 aromatic rings. The predicted molar refractivity (Wildman–Crippen MR) is 105 cm³/mol. The van der Waals surface area contributed by atoms with Gasteiger partial charge in [-0.05, 0) is 36.8 Å². The van der Waals surface area contributed by atoms with Crippen LogP contribution in [0.5, 0.6) is 5.75 Å². The molecule has 28 heavy (non-hydrogen) atoms. The molecule has 2 aromatic heterocycles. The molecule has 0 spiro atoms. The maximum absolute atomic E-state index is 11.0. The number of pyridine rings is 1. The quantitative estimate of drug-likeness (QED) is 0.378. The lowest BCUT2D eigenvalue weighted by molar-refractivity contribution is -0.384. The van der Waals surface area contributed by atoms with Crippen LogP contribution in [0.4, 0.5) is 11.4 Å². The number of aromatic nitrogens is 1. The number of anilines is 1. The van der Waals surface area contributed by atoms with Crippen molar-refractivity contribution in [3.63, 3.8) is 0 Å². The number of phenolic OH excluding ortho intramolecular Hbond substituents is 1. The van der Waals surface area contributed by atoms with E-state index in [0.717, 1.165) is 5.39 Å². The number of furan rings is 1. The second-order valence-electron chi connectivity index (χ2n) is 6.43. The van der Waals surface area contributed by atoms with Crippen LogP contribution < -0.4 is 5.32 Å². The van der Waals surface area contributed by atoms with Crippen LogP contribution in [-0.4, -0.2) is 15.0 Å². The van der Waals surface area contributed by atoms with Gasteiger partial charge in [-0.15, -0.1) is 0 Å². The Morgan fingerprint density at radius 2 is 2.04 bits per heavy atom. The molecule has 1 unspecified atom stereocenters. The molecule has 2 heterocycles. The summed E-state index contributed by atoms with van der Waals surface area (Å²) in [5.41, 5.74) is 2.53. The van der Waals surface area contributed by atoms with Crippen LogP contribution in [0.1, 0.15) is 22.9 Å². The van der Waals surface area contributed by atoms with Gasteiger partial charge in [0.05, 0.1) is 11.2 Å². The molecule has 0 aliphatic carbocycles. The minimum Gasteiger partial charge on any atom is -0.505 e. The fourth-order valence-electron chi connectivity index (χ4n) is 3.21. The molecule has 0 amide bonds. The maximum atomic E-state index is 11.0. The van der Waals surface area contributed by atoms with Gasteiger partial charge in [0.25, 0.3) is 5.69 Å². The molecule has 0 fully saturated rings. The number of phenols is 1. The Hall–Kier alpha value is -3.87. The van der Waals surface area contributed by atoms with E-state index in [1.165, 1.54) is 12.1 Å². The molecule has 7 heteroatoms. The predicted octanol–water partition coefficient (Wildman–Crippen LogP) is 4.95. The summed E-state index contributed by atoms with van der Waals surface area (Å²) in [6.07, 6.45) is 3.19. The van der Waals surface area contributed by atoms with Gasteiger partial charge in [0.1, 0.15) is 23.1 Å². The summed E-state index contributed by atoms with van der Waals surface area (Å²) in [6, 6.07) is 15.1. The summed E-state index contributed by atoms with van der Waals surface area (Å²) in [5, 5.41) is 26.0. The number of nitro benzene ring substituents is 1. The third-order valence-corrected chi connectivity index (χ3v) is 4.64. The molecule has 4 rings (SSSR count). The monoisotopic (exact) mass is 375 g/mol. The van der Waals surface area contributed by atoms with E-state index in [0.29, 0.717) is 28.1 Å². The van der Waals surface area contributed by atoms with E-state index < -0.39 is 11.0 Å². The molecule has 0 aliphatic heterocycles. The van der Waals surface area contributed by atoms with Crippen molar-refractivity contribution in [2.45, 2.75) is 13.0 Å². The Morgan fingerprint density at radius 3 is 2.75 bits per heavy atom. The highest BCUT2D eigenvalue weighted by Gasteiger charge is 2.23. The lowest BCUT2D eigenvalue weighted by atomic mass is 10.00. The number of rotatable bonds is 5. The largest absolute Gasteiger partial charge is 0.505 e. The van der Waals surface area contributed by atoms with Gasteiger partial charge in [-0.3, -0.25) is 15.1 Å². The third-order valence-electron chi connectivity index (χ3n) is 4.64. The smallest absolute Gasteiger partial charge is 0.269 e. The molecule has 7 nitrogen and oxygen atoms in total. The van der Waals surface area contributed by atoms with Crippen LogP contribution in [-0.2, 0) is 0 Å². The SMILES string of the molecule is Cc1cc([N+](=O)[O-])ccc1NC(c1ccco1)c1ccc2cccnc2c1O. The second-order valence-corrected chi connectivity index (χ2v) is 6.43. The molecule has 2 N–H and O–H groups in total. The van der Waals surface area contributed by atoms with E-state index in [-0.39, 0.29) is 11.4 Å². The van der Waals surface area contributed by atoms with Gasteiger partial charge in [-0.1, -0.05) is 18.2 Å². The molecule has 0 saturated carbocycles. The standard InChI is InChI=1S/C21H17N3O4/c1-13-12-15(24(26)27)7-9-17(13)23-20(18-5-3-11-28-18)16-8-6-14-4-2-10-22-19(14)21(16)25/h2-12,20,23,25H,1H3. The van der Waals surface area contributed by atoms with Crippen molar-refractivity contribution >= 4 is 22.3 Å².